The van der Waals surface area contributed by atoms with Gasteiger partial charge in [-0.15, -0.1) is 0 Å². The van der Waals surface area contributed by atoms with Crippen molar-refractivity contribution in [1.82, 2.24) is 4.72 Å². The summed E-state index contributed by atoms with van der Waals surface area (Å²) in [6.45, 7) is 8.15. The lowest BCUT2D eigenvalue weighted by atomic mass is 9.89. The Kier molecular flexibility index (Phi) is 3.30. The van der Waals surface area contributed by atoms with Crippen LogP contribution < -0.4 is 10.0 Å². The average Bonchev–Trinajstić information content (AvgIpc) is 2.26. The second kappa shape index (κ2) is 4.52. The fourth-order valence-corrected chi connectivity index (χ4v) is 2.72. The van der Waals surface area contributed by atoms with Gasteiger partial charge in [0.05, 0.1) is 11.7 Å². The molecule has 1 aliphatic rings. The maximum absolute atomic E-state index is 12.1. The molecule has 0 aromatic heterocycles. The first-order valence-electron chi connectivity index (χ1n) is 6.17. The minimum atomic E-state index is -3.53. The van der Waals surface area contributed by atoms with Gasteiger partial charge in [-0.25, -0.2) is 18.1 Å². The summed E-state index contributed by atoms with van der Waals surface area (Å²) in [6, 6.07) is 6.76. The van der Waals surface area contributed by atoms with Crippen LogP contribution in [-0.2, 0) is 10.0 Å². The van der Waals surface area contributed by atoms with Crippen molar-refractivity contribution in [3.8, 4) is 0 Å². The Balaban J connectivity index is 2.38. The molecule has 104 valence electrons. The summed E-state index contributed by atoms with van der Waals surface area (Å²) in [7, 11) is -3.53. The van der Waals surface area contributed by atoms with Crippen molar-refractivity contribution in [3.63, 3.8) is 0 Å². The number of guanidine groups is 1. The third-order valence-corrected chi connectivity index (χ3v) is 4.63. The van der Waals surface area contributed by atoms with Crippen LogP contribution >= 0.6 is 0 Å². The first-order valence-corrected chi connectivity index (χ1v) is 7.65. The fourth-order valence-electron chi connectivity index (χ4n) is 1.59. The molecule has 6 heteroatoms. The van der Waals surface area contributed by atoms with Crippen LogP contribution in [0.5, 0.6) is 0 Å². The van der Waals surface area contributed by atoms with E-state index in [-0.39, 0.29) is 22.3 Å². The zero-order valence-corrected chi connectivity index (χ0v) is 12.4. The number of anilines is 1. The van der Waals surface area contributed by atoms with Gasteiger partial charge < -0.3 is 5.32 Å². The maximum Gasteiger partial charge on any atom is 0.266 e. The van der Waals surface area contributed by atoms with Crippen LogP contribution in [0.1, 0.15) is 27.7 Å². The topological polar surface area (TPSA) is 70.6 Å². The number of sulfonamides is 1. The summed E-state index contributed by atoms with van der Waals surface area (Å²) >= 11 is 0. The highest BCUT2D eigenvalue weighted by atomic mass is 32.2. The molecule has 0 bridgehead atoms. The van der Waals surface area contributed by atoms with Crippen molar-refractivity contribution in [1.29, 1.82) is 0 Å². The van der Waals surface area contributed by atoms with Crippen molar-refractivity contribution >= 4 is 21.7 Å². The Morgan fingerprint density at radius 1 is 1.21 bits per heavy atom. The fraction of sp³-hybridized carbons (Fsp3) is 0.462. The molecule has 2 N–H and O–H groups in total. The molecule has 19 heavy (non-hydrogen) atoms. The van der Waals surface area contributed by atoms with Gasteiger partial charge in [0.1, 0.15) is 4.90 Å². The molecular weight excluding hydrogens is 262 g/mol. The van der Waals surface area contributed by atoms with E-state index in [9.17, 15) is 8.42 Å². The van der Waals surface area contributed by atoms with E-state index in [0.29, 0.717) is 5.69 Å². The van der Waals surface area contributed by atoms with Gasteiger partial charge in [0.2, 0.25) is 5.96 Å². The first kappa shape index (κ1) is 13.9. The second-order valence-electron chi connectivity index (χ2n) is 5.75. The normalized spacial score (nSPS) is 21.2. The van der Waals surface area contributed by atoms with E-state index in [4.69, 9.17) is 0 Å². The number of hydrogen-bond donors (Lipinski definition) is 2. The van der Waals surface area contributed by atoms with E-state index in [2.05, 4.69) is 35.8 Å². The van der Waals surface area contributed by atoms with Crippen LogP contribution in [0.2, 0.25) is 0 Å². The number of nitrogens with one attached hydrogen (secondary N) is 2. The van der Waals surface area contributed by atoms with Crippen molar-refractivity contribution < 1.29 is 8.42 Å². The molecular formula is C13H19N3O2S. The van der Waals surface area contributed by atoms with Gasteiger partial charge in [0.15, 0.2) is 0 Å². The molecule has 1 atom stereocenters. The van der Waals surface area contributed by atoms with Crippen molar-refractivity contribution in [2.75, 3.05) is 5.32 Å². The Bertz CT molecular complexity index is 615. The summed E-state index contributed by atoms with van der Waals surface area (Å²) in [5.41, 5.74) is 0.526. The van der Waals surface area contributed by atoms with Gasteiger partial charge in [-0.05, 0) is 24.5 Å². The summed E-state index contributed by atoms with van der Waals surface area (Å²) in [6.07, 6.45) is 0. The molecule has 0 aliphatic carbocycles. The van der Waals surface area contributed by atoms with Crippen molar-refractivity contribution in [3.05, 3.63) is 24.3 Å². The molecule has 1 aromatic rings. The third-order valence-electron chi connectivity index (χ3n) is 3.24. The Hall–Kier alpha value is -1.56. The predicted octanol–water partition coefficient (Wildman–Crippen LogP) is 2.18. The standard InChI is InChI=1S/C13H19N3O2S/c1-9(13(2,3)4)14-12-15-10-7-5-6-8-11(10)19(17,18)16-12/h5-9H,1-4H3,(H2,14,15,16). The van der Waals surface area contributed by atoms with Gasteiger partial charge in [-0.3, -0.25) is 0 Å². The molecule has 5 nitrogen and oxygen atoms in total. The molecule has 1 heterocycles. The average molecular weight is 281 g/mol. The maximum atomic E-state index is 12.1. The second-order valence-corrected chi connectivity index (χ2v) is 7.40. The lowest BCUT2D eigenvalue weighted by Gasteiger charge is -2.27. The number of aliphatic imine (C=N–C) groups is 1. The van der Waals surface area contributed by atoms with E-state index in [0.717, 1.165) is 0 Å². The molecule has 1 aliphatic heterocycles. The highest BCUT2D eigenvalue weighted by Crippen LogP contribution is 2.26. The molecule has 0 fully saturated rings. The quantitative estimate of drug-likeness (QED) is 0.829. The van der Waals surface area contributed by atoms with Crippen LogP contribution in [0.25, 0.3) is 0 Å². The lowest BCUT2D eigenvalue weighted by molar-refractivity contribution is 0.341. The Labute approximate surface area is 114 Å². The number of benzene rings is 1. The molecule has 1 aromatic carbocycles. The smallest absolute Gasteiger partial charge is 0.266 e. The predicted molar refractivity (Wildman–Crippen MR) is 76.7 cm³/mol. The zero-order chi connectivity index (χ0) is 14.3. The zero-order valence-electron chi connectivity index (χ0n) is 11.6. The number of fused-ring (bicyclic) bond motifs is 1. The molecule has 0 amide bonds. The molecule has 2 rings (SSSR count). The summed E-state index contributed by atoms with van der Waals surface area (Å²) < 4.78 is 26.6. The van der Waals surface area contributed by atoms with Crippen LogP contribution in [0.3, 0.4) is 0 Å². The minimum absolute atomic E-state index is 0.0111. The van der Waals surface area contributed by atoms with E-state index < -0.39 is 10.0 Å². The first-order chi connectivity index (χ1) is 8.70. The molecule has 0 spiro atoms. The van der Waals surface area contributed by atoms with E-state index in [1.165, 1.54) is 0 Å². The molecule has 1 unspecified atom stereocenters. The third kappa shape index (κ3) is 2.89. The largest absolute Gasteiger partial charge is 0.324 e. The van der Waals surface area contributed by atoms with Crippen molar-refractivity contribution in [2.24, 2.45) is 10.4 Å². The summed E-state index contributed by atoms with van der Waals surface area (Å²) in [5, 5.41) is 3.02. The van der Waals surface area contributed by atoms with E-state index in [1.807, 2.05) is 6.92 Å². The van der Waals surface area contributed by atoms with Gasteiger partial charge in [-0.1, -0.05) is 32.9 Å². The Morgan fingerprint density at radius 3 is 2.47 bits per heavy atom. The van der Waals surface area contributed by atoms with Crippen molar-refractivity contribution in [2.45, 2.75) is 38.6 Å². The van der Waals surface area contributed by atoms with Crippen LogP contribution in [-0.4, -0.2) is 20.4 Å². The van der Waals surface area contributed by atoms with Gasteiger partial charge in [0.25, 0.3) is 10.0 Å². The number of para-hydroxylation sites is 1. The van der Waals surface area contributed by atoms with Crippen LogP contribution in [0, 0.1) is 5.41 Å². The van der Waals surface area contributed by atoms with E-state index >= 15 is 0 Å². The molecule has 0 saturated carbocycles. The summed E-state index contributed by atoms with van der Waals surface area (Å²) in [4.78, 5) is 4.66. The molecule has 0 radical (unpaired) electrons. The molecule has 0 saturated heterocycles. The van der Waals surface area contributed by atoms with Crippen LogP contribution in [0.15, 0.2) is 34.2 Å². The monoisotopic (exact) mass is 281 g/mol. The van der Waals surface area contributed by atoms with Crippen LogP contribution in [0.4, 0.5) is 5.69 Å². The van der Waals surface area contributed by atoms with E-state index in [1.54, 1.807) is 24.3 Å². The van der Waals surface area contributed by atoms with Gasteiger partial charge >= 0.3 is 0 Å². The number of rotatable bonds is 1. The van der Waals surface area contributed by atoms with Gasteiger partial charge in [0, 0.05) is 0 Å². The number of hydrogen-bond acceptors (Lipinski definition) is 3. The highest BCUT2D eigenvalue weighted by Gasteiger charge is 2.27. The minimum Gasteiger partial charge on any atom is -0.324 e. The lowest BCUT2D eigenvalue weighted by Crippen LogP contribution is -2.42. The number of nitrogens with zero attached hydrogens (tertiary/aromatic N) is 1. The highest BCUT2D eigenvalue weighted by molar-refractivity contribution is 7.90. The summed E-state index contributed by atoms with van der Waals surface area (Å²) in [5.74, 6) is 0.279. The Morgan fingerprint density at radius 2 is 1.84 bits per heavy atom. The van der Waals surface area contributed by atoms with Gasteiger partial charge in [-0.2, -0.15) is 0 Å². The SMILES string of the molecule is CC(N=C1Nc2ccccc2S(=O)(=O)N1)C(C)(C)C.